The molecule has 8 nitrogen and oxygen atoms in total. The Morgan fingerprint density at radius 1 is 0.909 bits per heavy atom. The summed E-state index contributed by atoms with van der Waals surface area (Å²) in [6, 6.07) is 21.5. The van der Waals surface area contributed by atoms with Crippen LogP contribution in [0.2, 0.25) is 0 Å². The number of amides is 3. The van der Waals surface area contributed by atoms with E-state index in [2.05, 4.69) is 0 Å². The van der Waals surface area contributed by atoms with Crippen LogP contribution in [0, 0.1) is 0 Å². The molecule has 1 aliphatic rings. The highest BCUT2D eigenvalue weighted by Crippen LogP contribution is 2.37. The summed E-state index contributed by atoms with van der Waals surface area (Å²) in [5, 5.41) is 0. The number of benzene rings is 3. The Labute approximate surface area is 191 Å². The summed E-state index contributed by atoms with van der Waals surface area (Å²) in [7, 11) is 3.19. The Hall–Kier alpha value is -4.17. The number of hydrogen-bond acceptors (Lipinski definition) is 5. The molecule has 3 aromatic rings. The minimum Gasteiger partial charge on any atom is -0.497 e. The van der Waals surface area contributed by atoms with E-state index in [1.807, 2.05) is 6.07 Å². The molecule has 4 rings (SSSR count). The maximum atomic E-state index is 13.2. The van der Waals surface area contributed by atoms with E-state index < -0.39 is 17.9 Å². The molecule has 1 heterocycles. The van der Waals surface area contributed by atoms with Crippen LogP contribution in [0.5, 0.6) is 5.75 Å². The largest absolute Gasteiger partial charge is 0.497 e. The lowest BCUT2D eigenvalue weighted by molar-refractivity contribution is -0.129. The van der Waals surface area contributed by atoms with Gasteiger partial charge >= 0.3 is 0 Å². The third kappa shape index (κ3) is 4.16. The number of para-hydroxylation sites is 3. The fourth-order valence-corrected chi connectivity index (χ4v) is 3.73. The first-order chi connectivity index (χ1) is 15.9. The highest BCUT2D eigenvalue weighted by atomic mass is 16.5. The number of likely N-dealkylation sites (N-methyl/N-ethyl adjacent to an activating group) is 1. The van der Waals surface area contributed by atoms with Gasteiger partial charge in [-0.25, -0.2) is 0 Å². The van der Waals surface area contributed by atoms with Crippen molar-refractivity contribution >= 4 is 40.5 Å². The average molecular weight is 444 g/mol. The van der Waals surface area contributed by atoms with E-state index in [0.717, 1.165) is 0 Å². The molecule has 1 aliphatic heterocycles. The summed E-state index contributed by atoms with van der Waals surface area (Å²) in [6.45, 7) is -0.276. The second-order valence-electron chi connectivity index (χ2n) is 7.55. The number of nitrogens with two attached hydrogens (primary N) is 1. The van der Waals surface area contributed by atoms with Gasteiger partial charge in [0.25, 0.3) is 11.8 Å². The van der Waals surface area contributed by atoms with Gasteiger partial charge in [0.05, 0.1) is 18.5 Å². The molecule has 0 bridgehead atoms. The predicted molar refractivity (Wildman–Crippen MR) is 127 cm³/mol. The normalized spacial score (nSPS) is 15.7. The molecule has 3 amide bonds. The van der Waals surface area contributed by atoms with Crippen molar-refractivity contribution in [3.05, 3.63) is 78.9 Å². The monoisotopic (exact) mass is 444 g/mol. The fourth-order valence-electron chi connectivity index (χ4n) is 3.73. The fraction of sp³-hybridized carbons (Fsp3) is 0.160. The van der Waals surface area contributed by atoms with Crippen LogP contribution in [0.4, 0.5) is 22.7 Å². The van der Waals surface area contributed by atoms with Gasteiger partial charge in [-0.2, -0.15) is 0 Å². The van der Waals surface area contributed by atoms with E-state index in [4.69, 9.17) is 10.5 Å². The molecule has 2 N–H and O–H groups in total. The van der Waals surface area contributed by atoms with Crippen molar-refractivity contribution in [1.29, 1.82) is 0 Å². The highest BCUT2D eigenvalue weighted by Gasteiger charge is 2.39. The summed E-state index contributed by atoms with van der Waals surface area (Å²) < 4.78 is 5.16. The van der Waals surface area contributed by atoms with Gasteiger partial charge < -0.3 is 15.4 Å². The van der Waals surface area contributed by atoms with Gasteiger partial charge in [-0.1, -0.05) is 30.3 Å². The first-order valence-electron chi connectivity index (χ1n) is 10.4. The first-order valence-corrected chi connectivity index (χ1v) is 10.4. The van der Waals surface area contributed by atoms with Crippen molar-refractivity contribution in [3.8, 4) is 5.75 Å². The molecule has 168 valence electrons. The van der Waals surface area contributed by atoms with Crippen LogP contribution in [-0.2, 0) is 14.4 Å². The van der Waals surface area contributed by atoms with Crippen LogP contribution in [-0.4, -0.2) is 44.5 Å². The van der Waals surface area contributed by atoms with E-state index in [1.165, 1.54) is 14.7 Å². The lowest BCUT2D eigenvalue weighted by Gasteiger charge is -2.27. The van der Waals surface area contributed by atoms with Crippen LogP contribution in [0.1, 0.15) is 0 Å². The number of methoxy groups -OCH3 is 1. The number of fused-ring (bicyclic) bond motifs is 1. The van der Waals surface area contributed by atoms with E-state index in [1.54, 1.807) is 87.0 Å². The van der Waals surface area contributed by atoms with E-state index in [-0.39, 0.29) is 12.5 Å². The van der Waals surface area contributed by atoms with Crippen LogP contribution in [0.25, 0.3) is 0 Å². The van der Waals surface area contributed by atoms with Crippen LogP contribution in [0.3, 0.4) is 0 Å². The zero-order valence-electron chi connectivity index (χ0n) is 18.3. The third-order valence-corrected chi connectivity index (χ3v) is 5.57. The average Bonchev–Trinajstić information content (AvgIpc) is 2.93. The number of hydrogen-bond donors (Lipinski definition) is 1. The smallest absolute Gasteiger partial charge is 0.258 e. The Morgan fingerprint density at radius 2 is 1.52 bits per heavy atom. The number of rotatable bonds is 5. The van der Waals surface area contributed by atoms with Gasteiger partial charge in [-0.05, 0) is 48.5 Å². The number of carbonyl (C=O) groups excluding carboxylic acids is 3. The molecule has 0 fully saturated rings. The summed E-state index contributed by atoms with van der Waals surface area (Å²) in [6.07, 6.45) is 0. The predicted octanol–water partition coefficient (Wildman–Crippen LogP) is 2.70. The molecule has 1 atom stereocenters. The van der Waals surface area contributed by atoms with Gasteiger partial charge in [-0.3, -0.25) is 24.2 Å². The van der Waals surface area contributed by atoms with E-state index >= 15 is 0 Å². The Balaban J connectivity index is 1.70. The zero-order chi connectivity index (χ0) is 23.5. The van der Waals surface area contributed by atoms with Gasteiger partial charge in [0, 0.05) is 18.4 Å². The topological polar surface area (TPSA) is 96.2 Å². The molecular weight excluding hydrogens is 420 g/mol. The molecule has 0 aromatic heterocycles. The molecule has 0 unspecified atom stereocenters. The van der Waals surface area contributed by atoms with E-state index in [9.17, 15) is 14.4 Å². The van der Waals surface area contributed by atoms with Crippen molar-refractivity contribution in [1.82, 2.24) is 0 Å². The molecule has 0 radical (unpaired) electrons. The molecule has 0 spiro atoms. The van der Waals surface area contributed by atoms with Crippen molar-refractivity contribution < 1.29 is 19.1 Å². The maximum absolute atomic E-state index is 13.2. The number of nitrogens with zero attached hydrogens (tertiary/aromatic N) is 3. The zero-order valence-corrected chi connectivity index (χ0v) is 18.3. The van der Waals surface area contributed by atoms with Gasteiger partial charge in [-0.15, -0.1) is 0 Å². The Kier molecular flexibility index (Phi) is 6.10. The lowest BCUT2D eigenvalue weighted by Crippen LogP contribution is -2.52. The minimum absolute atomic E-state index is 0.276. The molecule has 0 saturated carbocycles. The summed E-state index contributed by atoms with van der Waals surface area (Å²) in [5.41, 5.74) is 8.24. The lowest BCUT2D eigenvalue weighted by atomic mass is 10.2. The minimum atomic E-state index is -1.45. The summed E-state index contributed by atoms with van der Waals surface area (Å²) in [5.74, 6) is -0.864. The standard InChI is InChI=1S/C25H24N4O4/c1-27(17-12-14-19(33-2)15-13-17)22(30)16-28-20-10-6-7-11-21(20)29(18-8-4-3-5-9-18)25(32)23(26)24(28)31/h3-15,23H,16,26H2,1-2H3/t23-/m0/s1. The molecule has 3 aromatic carbocycles. The van der Waals surface area contributed by atoms with Crippen LogP contribution < -0.4 is 25.2 Å². The molecule has 8 heteroatoms. The molecule has 0 saturated heterocycles. The number of anilines is 4. The number of ether oxygens (including phenoxy) is 1. The molecule has 33 heavy (non-hydrogen) atoms. The van der Waals surface area contributed by atoms with Gasteiger partial charge in [0.1, 0.15) is 12.3 Å². The Bertz CT molecular complexity index is 1180. The highest BCUT2D eigenvalue weighted by molar-refractivity contribution is 6.23. The second-order valence-corrected chi connectivity index (χ2v) is 7.55. The van der Waals surface area contributed by atoms with Crippen molar-refractivity contribution in [2.45, 2.75) is 6.04 Å². The quantitative estimate of drug-likeness (QED) is 0.611. The first kappa shape index (κ1) is 22.0. The van der Waals surface area contributed by atoms with Crippen molar-refractivity contribution in [3.63, 3.8) is 0 Å². The Morgan fingerprint density at radius 3 is 2.15 bits per heavy atom. The van der Waals surface area contributed by atoms with E-state index in [0.29, 0.717) is 28.5 Å². The maximum Gasteiger partial charge on any atom is 0.258 e. The molecular formula is C25H24N4O4. The second kappa shape index (κ2) is 9.13. The van der Waals surface area contributed by atoms with Crippen molar-refractivity contribution in [2.24, 2.45) is 5.73 Å². The summed E-state index contributed by atoms with van der Waals surface area (Å²) >= 11 is 0. The van der Waals surface area contributed by atoms with Gasteiger partial charge in [0.2, 0.25) is 5.91 Å². The van der Waals surface area contributed by atoms with Crippen LogP contribution >= 0.6 is 0 Å². The molecule has 0 aliphatic carbocycles. The number of carbonyl (C=O) groups is 3. The third-order valence-electron chi connectivity index (χ3n) is 5.57. The summed E-state index contributed by atoms with van der Waals surface area (Å²) in [4.78, 5) is 43.7. The van der Waals surface area contributed by atoms with Gasteiger partial charge in [0.15, 0.2) is 6.04 Å². The SMILES string of the molecule is COc1ccc(N(C)C(=O)CN2C(=O)[C@H](N)C(=O)N(c3ccccc3)c3ccccc32)cc1. The van der Waals surface area contributed by atoms with Crippen LogP contribution in [0.15, 0.2) is 78.9 Å². The van der Waals surface area contributed by atoms with Crippen molar-refractivity contribution in [2.75, 3.05) is 35.4 Å².